The molecule has 0 atom stereocenters. The second-order valence-corrected chi connectivity index (χ2v) is 8.65. The van der Waals surface area contributed by atoms with Crippen LogP contribution in [0.25, 0.3) is 33.3 Å². The Bertz CT molecular complexity index is 1510. The van der Waals surface area contributed by atoms with Gasteiger partial charge in [-0.2, -0.15) is 0 Å². The van der Waals surface area contributed by atoms with Gasteiger partial charge in [-0.15, -0.1) is 0 Å². The van der Waals surface area contributed by atoms with Gasteiger partial charge in [-0.05, 0) is 47.5 Å². The summed E-state index contributed by atoms with van der Waals surface area (Å²) in [5, 5.41) is 1.42. The smallest absolute Gasteiger partial charge is 0.224 e. The molecular formula is C23H17Cl5N6O2. The molecule has 0 amide bonds. The number of ether oxygens (including phenoxy) is 2. The van der Waals surface area contributed by atoms with Gasteiger partial charge in [-0.25, -0.2) is 24.9 Å². The number of nitrogens with zero attached hydrogens (tertiary/aromatic N) is 6. The van der Waals surface area contributed by atoms with Crippen molar-refractivity contribution in [3.05, 3.63) is 74.6 Å². The lowest BCUT2D eigenvalue weighted by Gasteiger charge is -2.08. The van der Waals surface area contributed by atoms with Crippen LogP contribution < -0.4 is 4.74 Å². The summed E-state index contributed by atoms with van der Waals surface area (Å²) in [6.07, 6.45) is 3.03. The third-order valence-corrected chi connectivity index (χ3v) is 5.37. The van der Waals surface area contributed by atoms with Gasteiger partial charge in [0.25, 0.3) is 0 Å². The first-order valence-corrected chi connectivity index (χ1v) is 11.6. The summed E-state index contributed by atoms with van der Waals surface area (Å²) in [6, 6.07) is 10.8. The first kappa shape index (κ1) is 28.0. The predicted molar refractivity (Wildman–Crippen MR) is 144 cm³/mol. The average Bonchev–Trinajstić information content (AvgIpc) is 2.82. The Morgan fingerprint density at radius 1 is 0.750 bits per heavy atom. The number of halogens is 5. The van der Waals surface area contributed by atoms with Gasteiger partial charge in [0.1, 0.15) is 22.5 Å². The second-order valence-electron chi connectivity index (χ2n) is 6.75. The molecule has 0 fully saturated rings. The molecule has 0 saturated heterocycles. The highest BCUT2D eigenvalue weighted by molar-refractivity contribution is 6.36. The van der Waals surface area contributed by atoms with E-state index in [9.17, 15) is 0 Å². The maximum absolute atomic E-state index is 6.01. The third kappa shape index (κ3) is 6.79. The van der Waals surface area contributed by atoms with E-state index >= 15 is 0 Å². The zero-order valence-corrected chi connectivity index (χ0v) is 21.5. The van der Waals surface area contributed by atoms with E-state index in [0.29, 0.717) is 43.6 Å². The minimum Gasteiger partial charge on any atom is -0.468 e. The van der Waals surface area contributed by atoms with Gasteiger partial charge in [0.05, 0.1) is 21.1 Å². The molecule has 186 valence electrons. The number of pyridine rings is 2. The van der Waals surface area contributed by atoms with Crippen LogP contribution in [0.5, 0.6) is 5.75 Å². The highest BCUT2D eigenvalue weighted by atomic mass is 35.5. The van der Waals surface area contributed by atoms with Gasteiger partial charge < -0.3 is 9.47 Å². The molecule has 0 unspecified atom stereocenters. The second kappa shape index (κ2) is 12.6. The summed E-state index contributed by atoms with van der Waals surface area (Å²) in [5.74, 6) is 0.663. The number of rotatable bonds is 4. The largest absolute Gasteiger partial charge is 0.468 e. The molecule has 0 spiro atoms. The van der Waals surface area contributed by atoms with Gasteiger partial charge in [-0.3, -0.25) is 4.98 Å². The van der Waals surface area contributed by atoms with Crippen molar-refractivity contribution in [2.45, 2.75) is 7.43 Å². The summed E-state index contributed by atoms with van der Waals surface area (Å²) >= 11 is 29.0. The highest BCUT2D eigenvalue weighted by Crippen LogP contribution is 2.29. The van der Waals surface area contributed by atoms with Crippen molar-refractivity contribution in [2.75, 3.05) is 13.9 Å². The molecule has 36 heavy (non-hydrogen) atoms. The molecule has 1 aromatic carbocycles. The third-order valence-electron chi connectivity index (χ3n) is 4.36. The van der Waals surface area contributed by atoms with E-state index in [1.165, 1.54) is 6.20 Å². The predicted octanol–water partition coefficient (Wildman–Crippen LogP) is 7.60. The van der Waals surface area contributed by atoms with E-state index in [2.05, 4.69) is 29.9 Å². The minimum atomic E-state index is 0. The zero-order chi connectivity index (χ0) is 24.9. The van der Waals surface area contributed by atoms with Crippen molar-refractivity contribution in [2.24, 2.45) is 0 Å². The maximum Gasteiger partial charge on any atom is 0.224 e. The fraction of sp³-hybridized carbons (Fsp3) is 0.130. The normalized spacial score (nSPS) is 10.5. The molecule has 4 aromatic heterocycles. The summed E-state index contributed by atoms with van der Waals surface area (Å²) in [4.78, 5) is 24.4. The van der Waals surface area contributed by atoms with E-state index < -0.39 is 0 Å². The number of fused-ring (bicyclic) bond motifs is 2. The number of aromatic nitrogens is 6. The lowest BCUT2D eigenvalue weighted by Crippen LogP contribution is -1.99. The van der Waals surface area contributed by atoms with E-state index in [0.717, 1.165) is 5.56 Å². The lowest BCUT2D eigenvalue weighted by atomic mass is 10.1. The maximum atomic E-state index is 6.01. The first-order chi connectivity index (χ1) is 16.8. The van der Waals surface area contributed by atoms with Gasteiger partial charge in [-0.1, -0.05) is 54.4 Å². The molecule has 13 heteroatoms. The number of benzene rings is 1. The number of hydrogen-bond acceptors (Lipinski definition) is 8. The van der Waals surface area contributed by atoms with Crippen molar-refractivity contribution in [1.82, 2.24) is 29.9 Å². The van der Waals surface area contributed by atoms with Crippen LogP contribution in [-0.2, 0) is 4.74 Å². The lowest BCUT2D eigenvalue weighted by molar-refractivity contribution is 0.0511. The van der Waals surface area contributed by atoms with E-state index in [1.807, 2.05) is 24.3 Å². The first-order valence-electron chi connectivity index (χ1n) is 9.69. The van der Waals surface area contributed by atoms with Crippen molar-refractivity contribution in [1.29, 1.82) is 0 Å². The molecule has 0 aliphatic carbocycles. The molecule has 0 bridgehead atoms. The quantitative estimate of drug-likeness (QED) is 0.121. The summed E-state index contributed by atoms with van der Waals surface area (Å²) in [7, 11) is 1.56. The van der Waals surface area contributed by atoms with Crippen molar-refractivity contribution in [3.63, 3.8) is 0 Å². The Labute approximate surface area is 231 Å². The average molecular weight is 587 g/mol. The van der Waals surface area contributed by atoms with Gasteiger partial charge in [0.2, 0.25) is 10.6 Å². The molecule has 8 nitrogen and oxygen atoms in total. The van der Waals surface area contributed by atoms with Gasteiger partial charge >= 0.3 is 0 Å². The Kier molecular flexibility index (Phi) is 9.78. The Balaban J connectivity index is 0.000000221. The molecule has 5 rings (SSSR count). The Morgan fingerprint density at radius 2 is 1.36 bits per heavy atom. The van der Waals surface area contributed by atoms with Crippen LogP contribution in [0, 0.1) is 0 Å². The van der Waals surface area contributed by atoms with Crippen LogP contribution >= 0.6 is 58.0 Å². The molecule has 0 saturated carbocycles. The van der Waals surface area contributed by atoms with Crippen LogP contribution in [0.4, 0.5) is 0 Å². The molecule has 5 aromatic rings. The van der Waals surface area contributed by atoms with Crippen molar-refractivity contribution in [3.8, 4) is 17.0 Å². The fourth-order valence-corrected chi connectivity index (χ4v) is 3.88. The van der Waals surface area contributed by atoms with E-state index in [-0.39, 0.29) is 29.9 Å². The zero-order valence-electron chi connectivity index (χ0n) is 17.7. The Morgan fingerprint density at radius 3 is 2.03 bits per heavy atom. The standard InChI is InChI=1S/C15H11Cl2N3O2.C7H2Cl3N3.CH4/c1-21-8-22-11-4-2-3-9(5-11)13-14-12(19-15(17)20-13)6-10(16)7-18-14;8-3-1-4-5(11-2-3)6(9)13-7(10)12-4;/h2-7H,8H2,1H3;1-2H;1H4. The van der Waals surface area contributed by atoms with Crippen LogP contribution in [0.2, 0.25) is 25.8 Å². The fourth-order valence-electron chi connectivity index (χ4n) is 2.96. The Hall–Kier alpha value is -2.59. The molecule has 0 aliphatic rings. The summed E-state index contributed by atoms with van der Waals surface area (Å²) < 4.78 is 10.3. The monoisotopic (exact) mass is 584 g/mol. The summed E-state index contributed by atoms with van der Waals surface area (Å²) in [5.41, 5.74) is 3.68. The van der Waals surface area contributed by atoms with Gasteiger partial charge in [0.15, 0.2) is 11.9 Å². The molecule has 4 heterocycles. The van der Waals surface area contributed by atoms with Crippen molar-refractivity contribution >= 4 is 80.1 Å². The van der Waals surface area contributed by atoms with Crippen LogP contribution in [-0.4, -0.2) is 43.8 Å². The van der Waals surface area contributed by atoms with Crippen LogP contribution in [0.1, 0.15) is 7.43 Å². The van der Waals surface area contributed by atoms with Crippen molar-refractivity contribution < 1.29 is 9.47 Å². The van der Waals surface area contributed by atoms with Crippen LogP contribution in [0.15, 0.2) is 48.8 Å². The van der Waals surface area contributed by atoms with Gasteiger partial charge in [0, 0.05) is 25.1 Å². The minimum absolute atomic E-state index is 0. The van der Waals surface area contributed by atoms with E-state index in [1.54, 1.807) is 25.4 Å². The molecule has 0 N–H and O–H groups in total. The highest BCUT2D eigenvalue weighted by Gasteiger charge is 2.12. The molecular weight excluding hydrogens is 570 g/mol. The summed E-state index contributed by atoms with van der Waals surface area (Å²) in [6.45, 7) is 0.169. The molecule has 0 radical (unpaired) electrons. The molecule has 0 aliphatic heterocycles. The van der Waals surface area contributed by atoms with Crippen LogP contribution in [0.3, 0.4) is 0 Å². The van der Waals surface area contributed by atoms with E-state index in [4.69, 9.17) is 67.5 Å². The SMILES string of the molecule is C.COCOc1cccc(-c2nc(Cl)nc3cc(Cl)cnc23)c1.Clc1cnc2c(Cl)nc(Cl)nc2c1. The number of methoxy groups -OCH3 is 1. The topological polar surface area (TPSA) is 95.8 Å². The number of hydrogen-bond donors (Lipinski definition) is 0.